The minimum absolute atomic E-state index is 0.664. The van der Waals surface area contributed by atoms with Crippen LogP contribution in [0.5, 0.6) is 0 Å². The van der Waals surface area contributed by atoms with Gasteiger partial charge in [0.05, 0.1) is 17.2 Å². The predicted octanol–water partition coefficient (Wildman–Crippen LogP) is 2.42. The van der Waals surface area contributed by atoms with Crippen molar-refractivity contribution in [3.05, 3.63) is 66.2 Å². The van der Waals surface area contributed by atoms with Crippen LogP contribution in [0, 0.1) is 11.8 Å². The van der Waals surface area contributed by atoms with E-state index in [1.54, 1.807) is 18.6 Å². The van der Waals surface area contributed by atoms with Gasteiger partial charge in [-0.2, -0.15) is 0 Å². The molecule has 3 rings (SSSR count). The van der Waals surface area contributed by atoms with Gasteiger partial charge in [-0.25, -0.2) is 4.98 Å². The number of hydrogen-bond donors (Lipinski definition) is 0. The fourth-order valence-electron chi connectivity index (χ4n) is 1.59. The molecule has 0 amide bonds. The molecule has 0 fully saturated rings. The zero-order valence-electron chi connectivity index (χ0n) is 9.54. The first-order chi connectivity index (χ1) is 8.92. The van der Waals surface area contributed by atoms with Crippen LogP contribution in [0.25, 0.3) is 11.0 Å². The van der Waals surface area contributed by atoms with Crippen molar-refractivity contribution in [1.29, 1.82) is 0 Å². The van der Waals surface area contributed by atoms with Crippen molar-refractivity contribution >= 4 is 11.0 Å². The SMILES string of the molecule is C(#Cc1cnc2ccccc2n1)c1cccnc1. The van der Waals surface area contributed by atoms with Crippen molar-refractivity contribution in [3.63, 3.8) is 0 Å². The standard InChI is InChI=1S/C15H9N3/c1-2-6-15-14(5-1)17-11-13(18-15)8-7-12-4-3-9-16-10-12/h1-6,9-11H. The van der Waals surface area contributed by atoms with Crippen LogP contribution in [-0.4, -0.2) is 15.0 Å². The zero-order chi connectivity index (χ0) is 12.2. The van der Waals surface area contributed by atoms with E-state index in [2.05, 4.69) is 26.8 Å². The largest absolute Gasteiger partial charge is 0.263 e. The van der Waals surface area contributed by atoms with Crippen LogP contribution < -0.4 is 0 Å². The molecular weight excluding hydrogens is 222 g/mol. The number of aromatic nitrogens is 3. The maximum absolute atomic E-state index is 4.43. The molecule has 3 nitrogen and oxygen atoms in total. The van der Waals surface area contributed by atoms with Crippen molar-refractivity contribution in [3.8, 4) is 11.8 Å². The molecule has 1 aromatic carbocycles. The van der Waals surface area contributed by atoms with Crippen LogP contribution in [0.4, 0.5) is 0 Å². The van der Waals surface area contributed by atoms with Gasteiger partial charge in [0.15, 0.2) is 0 Å². The Balaban J connectivity index is 1.99. The Hall–Kier alpha value is -2.73. The van der Waals surface area contributed by atoms with E-state index in [9.17, 15) is 0 Å². The molecule has 0 unspecified atom stereocenters. The Morgan fingerprint density at radius 2 is 1.72 bits per heavy atom. The fraction of sp³-hybridized carbons (Fsp3) is 0. The molecule has 18 heavy (non-hydrogen) atoms. The van der Waals surface area contributed by atoms with Crippen molar-refractivity contribution < 1.29 is 0 Å². The lowest BCUT2D eigenvalue weighted by molar-refractivity contribution is 1.26. The lowest BCUT2D eigenvalue weighted by Gasteiger charge is -1.95. The summed E-state index contributed by atoms with van der Waals surface area (Å²) in [7, 11) is 0. The fourth-order valence-corrected chi connectivity index (χ4v) is 1.59. The molecule has 0 aliphatic carbocycles. The molecule has 0 saturated carbocycles. The zero-order valence-corrected chi connectivity index (χ0v) is 9.54. The molecule has 0 aliphatic rings. The van der Waals surface area contributed by atoms with Gasteiger partial charge in [0.2, 0.25) is 0 Å². The number of nitrogens with zero attached hydrogens (tertiary/aromatic N) is 3. The first-order valence-corrected chi connectivity index (χ1v) is 5.56. The van der Waals surface area contributed by atoms with Crippen LogP contribution in [0.1, 0.15) is 11.3 Å². The van der Waals surface area contributed by atoms with E-state index in [1.165, 1.54) is 0 Å². The lowest BCUT2D eigenvalue weighted by Crippen LogP contribution is -1.87. The van der Waals surface area contributed by atoms with Crippen LogP contribution in [-0.2, 0) is 0 Å². The van der Waals surface area contributed by atoms with Crippen molar-refractivity contribution in [2.24, 2.45) is 0 Å². The highest BCUT2D eigenvalue weighted by atomic mass is 14.8. The number of pyridine rings is 1. The first-order valence-electron chi connectivity index (χ1n) is 5.56. The molecule has 0 atom stereocenters. The summed E-state index contributed by atoms with van der Waals surface area (Å²) in [5, 5.41) is 0. The summed E-state index contributed by atoms with van der Waals surface area (Å²) < 4.78 is 0. The summed E-state index contributed by atoms with van der Waals surface area (Å²) in [5.41, 5.74) is 3.27. The number of benzene rings is 1. The van der Waals surface area contributed by atoms with Gasteiger partial charge in [-0.15, -0.1) is 0 Å². The maximum Gasteiger partial charge on any atom is 0.132 e. The van der Waals surface area contributed by atoms with E-state index in [0.717, 1.165) is 16.6 Å². The molecule has 84 valence electrons. The van der Waals surface area contributed by atoms with Gasteiger partial charge in [0, 0.05) is 18.0 Å². The normalized spacial score (nSPS) is 9.78. The summed E-state index contributed by atoms with van der Waals surface area (Å²) in [5.74, 6) is 6.00. The minimum atomic E-state index is 0.664. The predicted molar refractivity (Wildman–Crippen MR) is 69.8 cm³/mol. The van der Waals surface area contributed by atoms with E-state index in [4.69, 9.17) is 0 Å². The van der Waals surface area contributed by atoms with E-state index in [-0.39, 0.29) is 0 Å². The molecule has 0 spiro atoms. The monoisotopic (exact) mass is 231 g/mol. The average Bonchev–Trinajstić information content (AvgIpc) is 2.46. The van der Waals surface area contributed by atoms with E-state index in [0.29, 0.717) is 5.69 Å². The minimum Gasteiger partial charge on any atom is -0.263 e. The Morgan fingerprint density at radius 1 is 0.833 bits per heavy atom. The van der Waals surface area contributed by atoms with Gasteiger partial charge in [0.1, 0.15) is 5.69 Å². The number of fused-ring (bicyclic) bond motifs is 1. The first kappa shape index (κ1) is 10.4. The van der Waals surface area contributed by atoms with Crippen LogP contribution >= 0.6 is 0 Å². The van der Waals surface area contributed by atoms with Crippen LogP contribution in [0.3, 0.4) is 0 Å². The third-order valence-electron chi connectivity index (χ3n) is 2.44. The molecule has 2 heterocycles. The molecule has 0 N–H and O–H groups in total. The van der Waals surface area contributed by atoms with Gasteiger partial charge in [-0.3, -0.25) is 9.97 Å². The van der Waals surface area contributed by atoms with Crippen LogP contribution in [0.2, 0.25) is 0 Å². The molecule has 0 saturated heterocycles. The topological polar surface area (TPSA) is 38.7 Å². The Morgan fingerprint density at radius 3 is 2.56 bits per heavy atom. The number of para-hydroxylation sites is 2. The number of rotatable bonds is 0. The quantitative estimate of drug-likeness (QED) is 0.558. The van der Waals surface area contributed by atoms with Gasteiger partial charge in [-0.05, 0) is 30.2 Å². The van der Waals surface area contributed by atoms with Gasteiger partial charge in [-0.1, -0.05) is 18.1 Å². The summed E-state index contributed by atoms with van der Waals surface area (Å²) >= 11 is 0. The molecule has 0 bridgehead atoms. The summed E-state index contributed by atoms with van der Waals surface area (Å²) in [6.45, 7) is 0. The third-order valence-corrected chi connectivity index (χ3v) is 2.44. The van der Waals surface area contributed by atoms with Crippen molar-refractivity contribution in [2.75, 3.05) is 0 Å². The van der Waals surface area contributed by atoms with Crippen LogP contribution in [0.15, 0.2) is 55.0 Å². The Kier molecular flexibility index (Phi) is 2.69. The van der Waals surface area contributed by atoms with Gasteiger partial charge < -0.3 is 0 Å². The van der Waals surface area contributed by atoms with Crippen molar-refractivity contribution in [2.45, 2.75) is 0 Å². The summed E-state index contributed by atoms with van der Waals surface area (Å²) in [6.07, 6.45) is 5.13. The Bertz CT molecular complexity index is 740. The Labute approximate surface area is 105 Å². The second kappa shape index (κ2) is 4.64. The molecule has 0 radical (unpaired) electrons. The maximum atomic E-state index is 4.43. The van der Waals surface area contributed by atoms with Crippen molar-refractivity contribution in [1.82, 2.24) is 15.0 Å². The summed E-state index contributed by atoms with van der Waals surface area (Å²) in [6, 6.07) is 11.5. The molecule has 0 aliphatic heterocycles. The highest BCUT2D eigenvalue weighted by molar-refractivity contribution is 5.74. The molecular formula is C15H9N3. The smallest absolute Gasteiger partial charge is 0.132 e. The number of hydrogen-bond acceptors (Lipinski definition) is 3. The van der Waals surface area contributed by atoms with E-state index in [1.807, 2.05) is 36.4 Å². The highest BCUT2D eigenvalue weighted by Crippen LogP contribution is 2.07. The highest BCUT2D eigenvalue weighted by Gasteiger charge is 1.95. The average molecular weight is 231 g/mol. The van der Waals surface area contributed by atoms with E-state index >= 15 is 0 Å². The summed E-state index contributed by atoms with van der Waals surface area (Å²) in [4.78, 5) is 12.8. The van der Waals surface area contributed by atoms with Gasteiger partial charge in [0.25, 0.3) is 0 Å². The lowest BCUT2D eigenvalue weighted by atomic mass is 10.2. The second-order valence-electron chi connectivity index (χ2n) is 3.74. The third kappa shape index (κ3) is 2.18. The second-order valence-corrected chi connectivity index (χ2v) is 3.74. The van der Waals surface area contributed by atoms with E-state index < -0.39 is 0 Å². The molecule has 3 aromatic rings. The molecule has 2 aromatic heterocycles. The molecule has 3 heteroatoms. The van der Waals surface area contributed by atoms with Gasteiger partial charge >= 0.3 is 0 Å².